The van der Waals surface area contributed by atoms with Crippen molar-refractivity contribution in [2.24, 2.45) is 0 Å². The van der Waals surface area contributed by atoms with Crippen molar-refractivity contribution >= 4 is 17.6 Å². The molecule has 0 spiro atoms. The van der Waals surface area contributed by atoms with Crippen LogP contribution >= 0.6 is 11.6 Å². The largest absolute Gasteiger partial charge is 0.487 e. The number of rotatable bonds is 3. The van der Waals surface area contributed by atoms with Crippen LogP contribution in [-0.4, -0.2) is 18.2 Å². The quantitative estimate of drug-likeness (QED) is 0.786. The summed E-state index contributed by atoms with van der Waals surface area (Å²) in [6.07, 6.45) is 3.74. The standard InChI is InChI=1S/C14H17ClO3/c1-10(16)17-13-7-2-3-8-14(13)18-12-6-4-5-11(15)9-12/h4-6,9,13-14H,2-3,7-8H2,1H3. The van der Waals surface area contributed by atoms with Crippen molar-refractivity contribution < 1.29 is 14.3 Å². The predicted octanol–water partition coefficient (Wildman–Crippen LogP) is 3.59. The molecule has 1 aromatic rings. The number of hydrogen-bond acceptors (Lipinski definition) is 3. The van der Waals surface area contributed by atoms with Crippen LogP contribution < -0.4 is 4.74 Å². The van der Waals surface area contributed by atoms with Gasteiger partial charge in [0.2, 0.25) is 0 Å². The number of hydrogen-bond donors (Lipinski definition) is 0. The Bertz CT molecular complexity index is 419. The molecular weight excluding hydrogens is 252 g/mol. The van der Waals surface area contributed by atoms with Gasteiger partial charge >= 0.3 is 5.97 Å². The third kappa shape index (κ3) is 3.64. The Kier molecular flexibility index (Phi) is 4.48. The zero-order valence-corrected chi connectivity index (χ0v) is 11.2. The van der Waals surface area contributed by atoms with E-state index in [9.17, 15) is 4.79 Å². The lowest BCUT2D eigenvalue weighted by atomic mass is 9.94. The van der Waals surface area contributed by atoms with Gasteiger partial charge in [0.25, 0.3) is 0 Å². The molecule has 2 rings (SSSR count). The summed E-state index contributed by atoms with van der Waals surface area (Å²) in [6, 6.07) is 7.30. The first-order valence-electron chi connectivity index (χ1n) is 6.24. The van der Waals surface area contributed by atoms with Gasteiger partial charge < -0.3 is 9.47 Å². The van der Waals surface area contributed by atoms with Crippen LogP contribution in [0.4, 0.5) is 0 Å². The molecular formula is C14H17ClO3. The fraction of sp³-hybridized carbons (Fsp3) is 0.500. The van der Waals surface area contributed by atoms with Crippen molar-refractivity contribution in [3.05, 3.63) is 29.3 Å². The molecule has 98 valence electrons. The summed E-state index contributed by atoms with van der Waals surface area (Å²) in [4.78, 5) is 11.1. The van der Waals surface area contributed by atoms with E-state index >= 15 is 0 Å². The van der Waals surface area contributed by atoms with Gasteiger partial charge in [0, 0.05) is 11.9 Å². The van der Waals surface area contributed by atoms with E-state index in [-0.39, 0.29) is 18.2 Å². The van der Waals surface area contributed by atoms with Gasteiger partial charge in [-0.1, -0.05) is 17.7 Å². The SMILES string of the molecule is CC(=O)OC1CCCCC1Oc1cccc(Cl)c1. The molecule has 0 radical (unpaired) electrons. The maximum Gasteiger partial charge on any atom is 0.303 e. The summed E-state index contributed by atoms with van der Waals surface area (Å²) in [6.45, 7) is 1.44. The Hall–Kier alpha value is -1.22. The Morgan fingerprint density at radius 3 is 2.67 bits per heavy atom. The minimum absolute atomic E-state index is 0.0684. The molecule has 18 heavy (non-hydrogen) atoms. The first-order valence-corrected chi connectivity index (χ1v) is 6.62. The van der Waals surface area contributed by atoms with Crippen LogP contribution in [0.3, 0.4) is 0 Å². The third-order valence-electron chi connectivity index (χ3n) is 3.04. The van der Waals surface area contributed by atoms with E-state index in [0.29, 0.717) is 5.02 Å². The van der Waals surface area contributed by atoms with E-state index in [1.807, 2.05) is 12.1 Å². The van der Waals surface area contributed by atoms with Crippen LogP contribution in [0.25, 0.3) is 0 Å². The summed E-state index contributed by atoms with van der Waals surface area (Å²) in [7, 11) is 0. The molecule has 1 aromatic carbocycles. The van der Waals surface area contributed by atoms with E-state index < -0.39 is 0 Å². The summed E-state index contributed by atoms with van der Waals surface area (Å²) in [5, 5.41) is 0.646. The van der Waals surface area contributed by atoms with Gasteiger partial charge in [-0.05, 0) is 43.9 Å². The number of halogens is 1. The van der Waals surface area contributed by atoms with Gasteiger partial charge in [-0.15, -0.1) is 0 Å². The topological polar surface area (TPSA) is 35.5 Å². The highest BCUT2D eigenvalue weighted by molar-refractivity contribution is 6.30. The highest BCUT2D eigenvalue weighted by Gasteiger charge is 2.29. The van der Waals surface area contributed by atoms with Crippen LogP contribution in [0, 0.1) is 0 Å². The second kappa shape index (κ2) is 6.10. The molecule has 2 unspecified atom stereocenters. The second-order valence-electron chi connectivity index (χ2n) is 4.55. The molecule has 0 bridgehead atoms. The Morgan fingerprint density at radius 1 is 1.28 bits per heavy atom. The normalized spacial score (nSPS) is 23.4. The molecule has 1 aliphatic rings. The molecule has 0 aliphatic heterocycles. The van der Waals surface area contributed by atoms with Crippen molar-refractivity contribution in [1.29, 1.82) is 0 Å². The summed E-state index contributed by atoms with van der Waals surface area (Å²) in [5.74, 6) is 0.480. The summed E-state index contributed by atoms with van der Waals surface area (Å²) < 4.78 is 11.2. The number of benzene rings is 1. The zero-order valence-electron chi connectivity index (χ0n) is 10.4. The van der Waals surface area contributed by atoms with Crippen molar-refractivity contribution in [2.75, 3.05) is 0 Å². The van der Waals surface area contributed by atoms with Gasteiger partial charge in [-0.25, -0.2) is 0 Å². The number of carbonyl (C=O) groups is 1. The first-order chi connectivity index (χ1) is 8.65. The van der Waals surface area contributed by atoms with Gasteiger partial charge in [0.05, 0.1) is 0 Å². The first kappa shape index (κ1) is 13.2. The molecule has 0 N–H and O–H groups in total. The highest BCUT2D eigenvalue weighted by atomic mass is 35.5. The lowest BCUT2D eigenvalue weighted by Gasteiger charge is -2.31. The number of ether oxygens (including phenoxy) is 2. The number of carbonyl (C=O) groups excluding carboxylic acids is 1. The van der Waals surface area contributed by atoms with E-state index in [4.69, 9.17) is 21.1 Å². The number of esters is 1. The maximum absolute atomic E-state index is 11.1. The molecule has 0 heterocycles. The molecule has 3 nitrogen and oxygen atoms in total. The van der Waals surface area contributed by atoms with Gasteiger partial charge in [0.1, 0.15) is 18.0 Å². The highest BCUT2D eigenvalue weighted by Crippen LogP contribution is 2.27. The average Bonchev–Trinajstić information content (AvgIpc) is 2.31. The predicted molar refractivity (Wildman–Crippen MR) is 69.9 cm³/mol. The van der Waals surface area contributed by atoms with Crippen LogP contribution in [0.2, 0.25) is 5.02 Å². The van der Waals surface area contributed by atoms with E-state index in [0.717, 1.165) is 31.4 Å². The van der Waals surface area contributed by atoms with Crippen molar-refractivity contribution in [2.45, 2.75) is 44.8 Å². The van der Waals surface area contributed by atoms with Gasteiger partial charge in [0.15, 0.2) is 0 Å². The third-order valence-corrected chi connectivity index (χ3v) is 3.28. The second-order valence-corrected chi connectivity index (χ2v) is 4.98. The molecule has 0 amide bonds. The molecule has 2 atom stereocenters. The van der Waals surface area contributed by atoms with Gasteiger partial charge in [-0.3, -0.25) is 4.79 Å². The van der Waals surface area contributed by atoms with E-state index in [2.05, 4.69) is 0 Å². The van der Waals surface area contributed by atoms with Crippen LogP contribution in [0.15, 0.2) is 24.3 Å². The molecule has 1 saturated carbocycles. The molecule has 1 fully saturated rings. The monoisotopic (exact) mass is 268 g/mol. The minimum Gasteiger partial charge on any atom is -0.487 e. The van der Waals surface area contributed by atoms with E-state index in [1.165, 1.54) is 6.92 Å². The fourth-order valence-corrected chi connectivity index (χ4v) is 2.44. The van der Waals surface area contributed by atoms with Crippen LogP contribution in [0.1, 0.15) is 32.6 Å². The molecule has 1 aliphatic carbocycles. The molecule has 0 saturated heterocycles. The van der Waals surface area contributed by atoms with Crippen LogP contribution in [-0.2, 0) is 9.53 Å². The van der Waals surface area contributed by atoms with E-state index in [1.54, 1.807) is 12.1 Å². The summed E-state index contributed by atoms with van der Waals surface area (Å²) >= 11 is 5.92. The smallest absolute Gasteiger partial charge is 0.303 e. The van der Waals surface area contributed by atoms with Crippen LogP contribution in [0.5, 0.6) is 5.75 Å². The Balaban J connectivity index is 2.03. The lowest BCUT2D eigenvalue weighted by molar-refractivity contribution is -0.153. The molecule has 4 heteroatoms. The average molecular weight is 269 g/mol. The Labute approximate surface area is 112 Å². The lowest BCUT2D eigenvalue weighted by Crippen LogP contribution is -2.38. The van der Waals surface area contributed by atoms with Crippen molar-refractivity contribution in [1.82, 2.24) is 0 Å². The van der Waals surface area contributed by atoms with Crippen molar-refractivity contribution in [3.63, 3.8) is 0 Å². The summed E-state index contributed by atoms with van der Waals surface area (Å²) in [5.41, 5.74) is 0. The Morgan fingerprint density at radius 2 is 2.00 bits per heavy atom. The van der Waals surface area contributed by atoms with Crippen molar-refractivity contribution in [3.8, 4) is 5.75 Å². The maximum atomic E-state index is 11.1. The minimum atomic E-state index is -0.249. The van der Waals surface area contributed by atoms with Gasteiger partial charge in [-0.2, -0.15) is 0 Å². The molecule has 0 aromatic heterocycles. The zero-order chi connectivity index (χ0) is 13.0. The fourth-order valence-electron chi connectivity index (χ4n) is 2.26.